The second-order valence-electron chi connectivity index (χ2n) is 4.45. The fourth-order valence-corrected chi connectivity index (χ4v) is 1.71. The van der Waals surface area contributed by atoms with E-state index >= 15 is 0 Å². The van der Waals surface area contributed by atoms with Crippen LogP contribution < -0.4 is 5.32 Å². The Kier molecular flexibility index (Phi) is 4.84. The molecule has 0 aliphatic heterocycles. The van der Waals surface area contributed by atoms with Crippen molar-refractivity contribution in [2.24, 2.45) is 0 Å². The third-order valence-corrected chi connectivity index (χ3v) is 2.87. The zero-order valence-corrected chi connectivity index (χ0v) is 11.3. The summed E-state index contributed by atoms with van der Waals surface area (Å²) in [4.78, 5) is 22.2. The minimum Gasteiger partial charge on any atom is -0.479 e. The van der Waals surface area contributed by atoms with E-state index in [9.17, 15) is 14.0 Å². The summed E-state index contributed by atoms with van der Waals surface area (Å²) in [5, 5.41) is 23.6. The summed E-state index contributed by atoms with van der Waals surface area (Å²) in [6, 6.07) is 7.19. The SMILES string of the molecule is O=C(NCCC(O)C(=O)O)c1cc(-c2ccccc2F)no1. The number of aliphatic carboxylic acids is 1. The van der Waals surface area contributed by atoms with E-state index in [4.69, 9.17) is 14.7 Å². The summed E-state index contributed by atoms with van der Waals surface area (Å²) in [6.45, 7) is -0.0535. The van der Waals surface area contributed by atoms with Crippen LogP contribution in [0.5, 0.6) is 0 Å². The highest BCUT2D eigenvalue weighted by molar-refractivity contribution is 5.92. The van der Waals surface area contributed by atoms with Gasteiger partial charge >= 0.3 is 5.97 Å². The number of aliphatic hydroxyl groups is 1. The van der Waals surface area contributed by atoms with Gasteiger partial charge in [-0.2, -0.15) is 0 Å². The Morgan fingerprint density at radius 2 is 2.09 bits per heavy atom. The van der Waals surface area contributed by atoms with Crippen LogP contribution >= 0.6 is 0 Å². The number of nitrogens with zero attached hydrogens (tertiary/aromatic N) is 1. The first-order valence-electron chi connectivity index (χ1n) is 6.39. The predicted octanol–water partition coefficient (Wildman–Crippen LogP) is 1.05. The number of aromatic nitrogens is 1. The van der Waals surface area contributed by atoms with Crippen molar-refractivity contribution in [3.63, 3.8) is 0 Å². The first-order chi connectivity index (χ1) is 10.5. The highest BCUT2D eigenvalue weighted by Crippen LogP contribution is 2.21. The van der Waals surface area contributed by atoms with E-state index in [1.54, 1.807) is 6.07 Å². The number of carboxylic acids is 1. The van der Waals surface area contributed by atoms with Crippen LogP contribution in [0.2, 0.25) is 0 Å². The lowest BCUT2D eigenvalue weighted by Gasteiger charge is -2.05. The Labute approximate surface area is 124 Å². The second-order valence-corrected chi connectivity index (χ2v) is 4.45. The topological polar surface area (TPSA) is 113 Å². The van der Waals surface area contributed by atoms with E-state index in [0.717, 1.165) is 0 Å². The van der Waals surface area contributed by atoms with Gasteiger partial charge in [0.25, 0.3) is 5.91 Å². The van der Waals surface area contributed by atoms with Gasteiger partial charge in [-0.05, 0) is 12.1 Å². The average molecular weight is 308 g/mol. The number of carbonyl (C=O) groups excluding carboxylic acids is 1. The van der Waals surface area contributed by atoms with Crippen molar-refractivity contribution in [2.45, 2.75) is 12.5 Å². The molecule has 0 fully saturated rings. The van der Waals surface area contributed by atoms with Gasteiger partial charge in [0, 0.05) is 24.6 Å². The van der Waals surface area contributed by atoms with Gasteiger partial charge in [0.2, 0.25) is 5.76 Å². The molecule has 0 saturated carbocycles. The first kappa shape index (κ1) is 15.6. The zero-order valence-electron chi connectivity index (χ0n) is 11.3. The number of nitrogens with one attached hydrogen (secondary N) is 1. The van der Waals surface area contributed by atoms with Crippen LogP contribution in [-0.2, 0) is 4.79 Å². The van der Waals surface area contributed by atoms with E-state index < -0.39 is 23.8 Å². The summed E-state index contributed by atoms with van der Waals surface area (Å²) in [7, 11) is 0. The third kappa shape index (κ3) is 3.67. The molecule has 1 aromatic carbocycles. The molecule has 0 bridgehead atoms. The number of hydrogen-bond acceptors (Lipinski definition) is 5. The Balaban J connectivity index is 1.98. The third-order valence-electron chi connectivity index (χ3n) is 2.87. The zero-order chi connectivity index (χ0) is 16.1. The van der Waals surface area contributed by atoms with E-state index in [1.807, 2.05) is 0 Å². The number of hydrogen-bond donors (Lipinski definition) is 3. The lowest BCUT2D eigenvalue weighted by atomic mass is 10.1. The molecule has 3 N–H and O–H groups in total. The van der Waals surface area contributed by atoms with Crippen LogP contribution in [0.4, 0.5) is 4.39 Å². The maximum Gasteiger partial charge on any atom is 0.332 e. The second kappa shape index (κ2) is 6.81. The van der Waals surface area contributed by atoms with Gasteiger partial charge in [-0.25, -0.2) is 9.18 Å². The maximum absolute atomic E-state index is 13.6. The van der Waals surface area contributed by atoms with Crippen molar-refractivity contribution in [1.82, 2.24) is 10.5 Å². The molecular formula is C14H13FN2O5. The van der Waals surface area contributed by atoms with Gasteiger partial charge in [-0.15, -0.1) is 0 Å². The summed E-state index contributed by atoms with van der Waals surface area (Å²) in [5.74, 6) is -2.63. The van der Waals surface area contributed by atoms with Crippen LogP contribution in [0.3, 0.4) is 0 Å². The largest absolute Gasteiger partial charge is 0.479 e. The van der Waals surface area contributed by atoms with Crippen molar-refractivity contribution in [2.75, 3.05) is 6.54 Å². The number of amides is 1. The Morgan fingerprint density at radius 1 is 1.36 bits per heavy atom. The number of rotatable bonds is 6. The van der Waals surface area contributed by atoms with E-state index in [2.05, 4.69) is 10.5 Å². The van der Waals surface area contributed by atoms with E-state index in [-0.39, 0.29) is 30.0 Å². The molecule has 0 aliphatic carbocycles. The fourth-order valence-electron chi connectivity index (χ4n) is 1.71. The van der Waals surface area contributed by atoms with Crippen molar-refractivity contribution < 1.29 is 28.7 Å². The van der Waals surface area contributed by atoms with E-state index in [1.165, 1.54) is 24.3 Å². The molecule has 0 saturated heterocycles. The van der Waals surface area contributed by atoms with Crippen molar-refractivity contribution >= 4 is 11.9 Å². The number of benzene rings is 1. The van der Waals surface area contributed by atoms with Crippen LogP contribution in [-0.4, -0.2) is 39.9 Å². The number of halogens is 1. The monoisotopic (exact) mass is 308 g/mol. The molecule has 7 nitrogen and oxygen atoms in total. The van der Waals surface area contributed by atoms with E-state index in [0.29, 0.717) is 0 Å². The molecule has 8 heteroatoms. The molecule has 2 rings (SSSR count). The number of carbonyl (C=O) groups is 2. The number of carboxylic acid groups (broad SMARTS) is 1. The highest BCUT2D eigenvalue weighted by Gasteiger charge is 2.17. The molecule has 1 heterocycles. The molecule has 1 atom stereocenters. The van der Waals surface area contributed by atoms with Crippen LogP contribution in [0.1, 0.15) is 17.0 Å². The molecule has 1 amide bonds. The Bertz CT molecular complexity index is 685. The molecule has 0 aliphatic rings. The smallest absolute Gasteiger partial charge is 0.332 e. The summed E-state index contributed by atoms with van der Waals surface area (Å²) in [5.41, 5.74) is 0.375. The molecule has 0 radical (unpaired) electrons. The standard InChI is InChI=1S/C14H13FN2O5/c15-9-4-2-1-3-8(9)10-7-12(22-17-10)13(19)16-6-5-11(18)14(20)21/h1-4,7,11,18H,5-6H2,(H,16,19)(H,20,21). The quantitative estimate of drug-likeness (QED) is 0.735. The summed E-state index contributed by atoms with van der Waals surface area (Å²) in [6.07, 6.45) is -1.70. The highest BCUT2D eigenvalue weighted by atomic mass is 19.1. The Hall–Kier alpha value is -2.74. The Morgan fingerprint density at radius 3 is 2.77 bits per heavy atom. The van der Waals surface area contributed by atoms with Gasteiger partial charge in [-0.3, -0.25) is 4.79 Å². The maximum atomic E-state index is 13.6. The molecule has 116 valence electrons. The lowest BCUT2D eigenvalue weighted by molar-refractivity contribution is -0.146. The summed E-state index contributed by atoms with van der Waals surface area (Å²) < 4.78 is 18.4. The first-order valence-corrected chi connectivity index (χ1v) is 6.39. The van der Waals surface area contributed by atoms with Crippen LogP contribution in [0, 0.1) is 5.82 Å². The normalized spacial score (nSPS) is 11.9. The predicted molar refractivity (Wildman–Crippen MR) is 72.5 cm³/mol. The molecule has 22 heavy (non-hydrogen) atoms. The average Bonchev–Trinajstić information content (AvgIpc) is 2.97. The fraction of sp³-hybridized carbons (Fsp3) is 0.214. The molecule has 1 unspecified atom stereocenters. The molecular weight excluding hydrogens is 295 g/mol. The van der Waals surface area contributed by atoms with Gasteiger partial charge < -0.3 is 20.1 Å². The van der Waals surface area contributed by atoms with Crippen LogP contribution in [0.15, 0.2) is 34.9 Å². The van der Waals surface area contributed by atoms with Crippen molar-refractivity contribution in [1.29, 1.82) is 0 Å². The van der Waals surface area contributed by atoms with Gasteiger partial charge in [-0.1, -0.05) is 17.3 Å². The molecule has 2 aromatic rings. The van der Waals surface area contributed by atoms with Crippen molar-refractivity contribution in [3.05, 3.63) is 41.9 Å². The number of aliphatic hydroxyl groups excluding tert-OH is 1. The van der Waals surface area contributed by atoms with Crippen LogP contribution in [0.25, 0.3) is 11.3 Å². The van der Waals surface area contributed by atoms with Gasteiger partial charge in [0.05, 0.1) is 0 Å². The van der Waals surface area contributed by atoms with Gasteiger partial charge in [0.15, 0.2) is 6.10 Å². The minimum atomic E-state index is -1.55. The minimum absolute atomic E-state index is 0.0535. The summed E-state index contributed by atoms with van der Waals surface area (Å²) >= 11 is 0. The van der Waals surface area contributed by atoms with Gasteiger partial charge in [0.1, 0.15) is 11.5 Å². The molecule has 1 aromatic heterocycles. The molecule has 0 spiro atoms. The van der Waals surface area contributed by atoms with Crippen molar-refractivity contribution in [3.8, 4) is 11.3 Å². The lowest BCUT2D eigenvalue weighted by Crippen LogP contribution is -2.29.